The summed E-state index contributed by atoms with van der Waals surface area (Å²) in [6, 6.07) is 3.44. The molecule has 1 aromatic rings. The minimum absolute atomic E-state index is 0.0343. The first-order chi connectivity index (χ1) is 9.68. The Morgan fingerprint density at radius 1 is 1.48 bits per heavy atom. The summed E-state index contributed by atoms with van der Waals surface area (Å²) in [4.78, 5) is 18.7. The number of amides is 1. The van der Waals surface area contributed by atoms with E-state index in [4.69, 9.17) is 11.6 Å². The van der Waals surface area contributed by atoms with E-state index in [1.54, 1.807) is 17.9 Å². The predicted molar refractivity (Wildman–Crippen MR) is 83.6 cm³/mol. The van der Waals surface area contributed by atoms with Gasteiger partial charge in [0.05, 0.1) is 6.10 Å². The predicted octanol–water partition coefficient (Wildman–Crippen LogP) is 2.88. The van der Waals surface area contributed by atoms with Crippen LogP contribution in [-0.4, -0.2) is 40.1 Å². The van der Waals surface area contributed by atoms with Crippen molar-refractivity contribution in [3.63, 3.8) is 0 Å². The second-order valence-electron chi connectivity index (χ2n) is 6.85. The molecule has 0 radical (unpaired) electrons. The lowest BCUT2D eigenvalue weighted by molar-refractivity contribution is 0.0762. The monoisotopic (exact) mass is 310 g/mol. The molecular formula is C16H23ClN2O2. The highest BCUT2D eigenvalue weighted by Crippen LogP contribution is 2.26. The Hall–Kier alpha value is -1.13. The van der Waals surface area contributed by atoms with Crippen LogP contribution in [0.5, 0.6) is 0 Å². The molecule has 1 N–H and O–H groups in total. The first kappa shape index (κ1) is 16.2. The van der Waals surface area contributed by atoms with Crippen LogP contribution in [0.2, 0.25) is 5.15 Å². The van der Waals surface area contributed by atoms with Crippen molar-refractivity contribution in [3.05, 3.63) is 28.5 Å². The Morgan fingerprint density at radius 2 is 2.14 bits per heavy atom. The van der Waals surface area contributed by atoms with Gasteiger partial charge in [-0.25, -0.2) is 4.98 Å². The number of hydrogen-bond donors (Lipinski definition) is 1. The number of aliphatic hydroxyl groups is 1. The van der Waals surface area contributed by atoms with Gasteiger partial charge >= 0.3 is 0 Å². The third kappa shape index (κ3) is 3.74. The van der Waals surface area contributed by atoms with Crippen molar-refractivity contribution in [3.8, 4) is 0 Å². The first-order valence-corrected chi connectivity index (χ1v) is 7.71. The zero-order chi connectivity index (χ0) is 15.8. The molecule has 1 fully saturated rings. The van der Waals surface area contributed by atoms with Gasteiger partial charge in [0.15, 0.2) is 0 Å². The van der Waals surface area contributed by atoms with Crippen LogP contribution in [0.4, 0.5) is 0 Å². The fraction of sp³-hybridized carbons (Fsp3) is 0.625. The van der Waals surface area contributed by atoms with Gasteiger partial charge < -0.3 is 10.0 Å². The van der Waals surface area contributed by atoms with Crippen LogP contribution in [0.3, 0.4) is 0 Å². The van der Waals surface area contributed by atoms with E-state index in [2.05, 4.69) is 4.98 Å². The van der Waals surface area contributed by atoms with Gasteiger partial charge in [-0.2, -0.15) is 0 Å². The lowest BCUT2D eigenvalue weighted by Crippen LogP contribution is -2.30. The summed E-state index contributed by atoms with van der Waals surface area (Å²) in [5.41, 5.74) is 1.23. The van der Waals surface area contributed by atoms with Gasteiger partial charge in [-0.15, -0.1) is 0 Å². The Morgan fingerprint density at radius 3 is 2.67 bits per heavy atom. The standard InChI is InChI=1S/C16H23ClN2O2/c1-10(20)11-5-6-19(9-11)15(21)12-7-13(16(2,3)4)18-14(17)8-12/h7-8,10-11,20H,5-6,9H2,1-4H3. The molecule has 2 unspecified atom stereocenters. The second kappa shape index (κ2) is 5.93. The lowest BCUT2D eigenvalue weighted by atomic mass is 9.91. The molecule has 0 spiro atoms. The number of carbonyl (C=O) groups is 1. The number of carbonyl (C=O) groups excluding carboxylic acids is 1. The molecule has 1 amide bonds. The number of hydrogen-bond acceptors (Lipinski definition) is 3. The smallest absolute Gasteiger partial charge is 0.254 e. The van der Waals surface area contributed by atoms with Crippen LogP contribution in [0.1, 0.15) is 50.2 Å². The third-order valence-electron chi connectivity index (χ3n) is 4.00. The summed E-state index contributed by atoms with van der Waals surface area (Å²) >= 11 is 6.06. The molecule has 1 saturated heterocycles. The molecule has 1 aliphatic rings. The normalized spacial score (nSPS) is 20.7. The fourth-order valence-corrected chi connectivity index (χ4v) is 2.76. The number of aromatic nitrogens is 1. The molecule has 2 heterocycles. The van der Waals surface area contributed by atoms with Crippen molar-refractivity contribution < 1.29 is 9.90 Å². The summed E-state index contributed by atoms with van der Waals surface area (Å²) in [5, 5.41) is 9.99. The van der Waals surface area contributed by atoms with Crippen LogP contribution in [0.25, 0.3) is 0 Å². The molecule has 0 aromatic carbocycles. The maximum absolute atomic E-state index is 12.6. The number of aliphatic hydroxyl groups excluding tert-OH is 1. The van der Waals surface area contributed by atoms with Crippen molar-refractivity contribution in [2.24, 2.45) is 5.92 Å². The highest BCUT2D eigenvalue weighted by atomic mass is 35.5. The molecule has 0 saturated carbocycles. The largest absolute Gasteiger partial charge is 0.393 e. The van der Waals surface area contributed by atoms with E-state index >= 15 is 0 Å². The zero-order valence-electron chi connectivity index (χ0n) is 13.1. The zero-order valence-corrected chi connectivity index (χ0v) is 13.8. The average molecular weight is 311 g/mol. The van der Waals surface area contributed by atoms with Crippen molar-refractivity contribution in [1.29, 1.82) is 0 Å². The van der Waals surface area contributed by atoms with Gasteiger partial charge in [0.2, 0.25) is 0 Å². The van der Waals surface area contributed by atoms with E-state index in [-0.39, 0.29) is 23.3 Å². The van der Waals surface area contributed by atoms with Gasteiger partial charge in [0.1, 0.15) is 5.15 Å². The number of nitrogens with zero attached hydrogens (tertiary/aromatic N) is 2. The highest BCUT2D eigenvalue weighted by molar-refractivity contribution is 6.29. The van der Waals surface area contributed by atoms with Gasteiger partial charge in [-0.05, 0) is 25.5 Å². The van der Waals surface area contributed by atoms with Crippen LogP contribution >= 0.6 is 11.6 Å². The molecule has 0 aliphatic carbocycles. The fourth-order valence-electron chi connectivity index (χ4n) is 2.55. The van der Waals surface area contributed by atoms with Crippen LogP contribution in [0, 0.1) is 5.92 Å². The molecule has 21 heavy (non-hydrogen) atoms. The van der Waals surface area contributed by atoms with E-state index in [9.17, 15) is 9.90 Å². The Balaban J connectivity index is 2.22. The van der Waals surface area contributed by atoms with Gasteiger partial charge in [0.25, 0.3) is 5.91 Å². The molecule has 4 nitrogen and oxygen atoms in total. The van der Waals surface area contributed by atoms with Crippen molar-refractivity contribution in [2.75, 3.05) is 13.1 Å². The molecular weight excluding hydrogens is 288 g/mol. The first-order valence-electron chi connectivity index (χ1n) is 7.34. The molecule has 2 rings (SSSR count). The minimum Gasteiger partial charge on any atom is -0.393 e. The molecule has 116 valence electrons. The quantitative estimate of drug-likeness (QED) is 0.855. The van der Waals surface area contributed by atoms with Crippen LogP contribution in [-0.2, 0) is 5.41 Å². The minimum atomic E-state index is -0.381. The van der Waals surface area contributed by atoms with E-state index in [0.717, 1.165) is 12.1 Å². The van der Waals surface area contributed by atoms with Crippen LogP contribution < -0.4 is 0 Å². The topological polar surface area (TPSA) is 53.4 Å². The summed E-state index contributed by atoms with van der Waals surface area (Å²) < 4.78 is 0. The van der Waals surface area contributed by atoms with E-state index in [0.29, 0.717) is 23.8 Å². The van der Waals surface area contributed by atoms with E-state index < -0.39 is 0 Å². The van der Waals surface area contributed by atoms with E-state index in [1.807, 2.05) is 26.8 Å². The Labute approximate surface area is 131 Å². The summed E-state index contributed by atoms with van der Waals surface area (Å²) in [5.74, 6) is 0.126. The van der Waals surface area contributed by atoms with Crippen molar-refractivity contribution >= 4 is 17.5 Å². The summed E-state index contributed by atoms with van der Waals surface area (Å²) in [6.45, 7) is 9.18. The Kier molecular flexibility index (Phi) is 4.59. The third-order valence-corrected chi connectivity index (χ3v) is 4.20. The molecule has 1 aromatic heterocycles. The van der Waals surface area contributed by atoms with E-state index in [1.165, 1.54) is 0 Å². The molecule has 1 aliphatic heterocycles. The van der Waals surface area contributed by atoms with Crippen LogP contribution in [0.15, 0.2) is 12.1 Å². The number of pyridine rings is 1. The van der Waals surface area contributed by atoms with Gasteiger partial charge in [-0.1, -0.05) is 32.4 Å². The van der Waals surface area contributed by atoms with Gasteiger partial charge in [0, 0.05) is 35.7 Å². The molecule has 5 heteroatoms. The second-order valence-corrected chi connectivity index (χ2v) is 7.24. The molecule has 2 atom stereocenters. The maximum Gasteiger partial charge on any atom is 0.254 e. The summed E-state index contributed by atoms with van der Waals surface area (Å²) in [6.07, 6.45) is 0.461. The average Bonchev–Trinajstić information content (AvgIpc) is 2.85. The highest BCUT2D eigenvalue weighted by Gasteiger charge is 2.30. The summed E-state index contributed by atoms with van der Waals surface area (Å²) in [7, 11) is 0. The van der Waals surface area contributed by atoms with Crippen molar-refractivity contribution in [1.82, 2.24) is 9.88 Å². The molecule has 0 bridgehead atoms. The number of rotatable bonds is 2. The Bertz CT molecular complexity index is 538. The number of likely N-dealkylation sites (tertiary alicyclic amines) is 1. The maximum atomic E-state index is 12.6. The SMILES string of the molecule is CC(O)C1CCN(C(=O)c2cc(Cl)nc(C(C)(C)C)c2)C1. The van der Waals surface area contributed by atoms with Gasteiger partial charge in [-0.3, -0.25) is 4.79 Å². The lowest BCUT2D eigenvalue weighted by Gasteiger charge is -2.21. The number of halogens is 1. The van der Waals surface area contributed by atoms with Crippen molar-refractivity contribution in [2.45, 2.75) is 45.6 Å².